The van der Waals surface area contributed by atoms with Gasteiger partial charge in [0, 0.05) is 38.2 Å². The third-order valence-corrected chi connectivity index (χ3v) is 3.81. The van der Waals surface area contributed by atoms with Crippen molar-refractivity contribution < 1.29 is 0 Å². The molecular weight excluding hydrogens is 258 g/mol. The molecular formula is C10H16ClN5S. The summed E-state index contributed by atoms with van der Waals surface area (Å²) in [5.41, 5.74) is 0. The standard InChI is InChI=1S/C10H16ClN5S/c1-7-6-16(4-5-17-7)10-13-8(11)12-9(14-10)15(2)3/h7H,4-6H2,1-3H3. The summed E-state index contributed by atoms with van der Waals surface area (Å²) in [4.78, 5) is 16.7. The molecule has 1 aliphatic heterocycles. The molecule has 1 aromatic rings. The van der Waals surface area contributed by atoms with E-state index in [-0.39, 0.29) is 5.28 Å². The van der Waals surface area contributed by atoms with Crippen LogP contribution < -0.4 is 9.80 Å². The smallest absolute Gasteiger partial charge is 0.231 e. The number of hydrogen-bond donors (Lipinski definition) is 0. The highest BCUT2D eigenvalue weighted by Gasteiger charge is 2.20. The van der Waals surface area contributed by atoms with Crippen molar-refractivity contribution in [1.82, 2.24) is 15.0 Å². The van der Waals surface area contributed by atoms with Gasteiger partial charge < -0.3 is 9.80 Å². The molecule has 7 heteroatoms. The zero-order valence-corrected chi connectivity index (χ0v) is 11.8. The molecule has 17 heavy (non-hydrogen) atoms. The Bertz CT molecular complexity index is 400. The maximum atomic E-state index is 5.93. The van der Waals surface area contributed by atoms with Crippen molar-refractivity contribution in [1.29, 1.82) is 0 Å². The van der Waals surface area contributed by atoms with E-state index in [0.717, 1.165) is 18.8 Å². The van der Waals surface area contributed by atoms with Gasteiger partial charge in [-0.25, -0.2) is 0 Å². The second kappa shape index (κ2) is 5.27. The molecule has 0 aromatic carbocycles. The molecule has 1 aliphatic rings. The van der Waals surface area contributed by atoms with Crippen LogP contribution in [0.2, 0.25) is 5.28 Å². The van der Waals surface area contributed by atoms with Gasteiger partial charge >= 0.3 is 0 Å². The van der Waals surface area contributed by atoms with E-state index in [4.69, 9.17) is 11.6 Å². The zero-order valence-electron chi connectivity index (χ0n) is 10.2. The molecule has 1 aromatic heterocycles. The fourth-order valence-corrected chi connectivity index (χ4v) is 2.84. The zero-order chi connectivity index (χ0) is 12.4. The minimum Gasteiger partial charge on any atom is -0.347 e. The third kappa shape index (κ3) is 3.13. The van der Waals surface area contributed by atoms with Crippen LogP contribution in [-0.4, -0.2) is 53.1 Å². The van der Waals surface area contributed by atoms with Gasteiger partial charge in [0.2, 0.25) is 17.2 Å². The Morgan fingerprint density at radius 1 is 1.35 bits per heavy atom. The summed E-state index contributed by atoms with van der Waals surface area (Å²) in [7, 11) is 3.79. The van der Waals surface area contributed by atoms with E-state index < -0.39 is 0 Å². The number of rotatable bonds is 2. The normalized spacial score (nSPS) is 20.5. The fourth-order valence-electron chi connectivity index (χ4n) is 1.67. The third-order valence-electron chi connectivity index (χ3n) is 2.51. The highest BCUT2D eigenvalue weighted by atomic mass is 35.5. The van der Waals surface area contributed by atoms with Gasteiger partial charge in [0.05, 0.1) is 0 Å². The molecule has 0 radical (unpaired) electrons. The molecule has 1 fully saturated rings. The number of hydrogen-bond acceptors (Lipinski definition) is 6. The summed E-state index contributed by atoms with van der Waals surface area (Å²) in [6, 6.07) is 0. The average Bonchev–Trinajstić information content (AvgIpc) is 2.28. The van der Waals surface area contributed by atoms with Crippen LogP contribution in [-0.2, 0) is 0 Å². The topological polar surface area (TPSA) is 45.2 Å². The summed E-state index contributed by atoms with van der Waals surface area (Å²) < 4.78 is 0. The second-order valence-electron chi connectivity index (χ2n) is 4.23. The number of aromatic nitrogens is 3. The highest BCUT2D eigenvalue weighted by molar-refractivity contribution is 8.00. The van der Waals surface area contributed by atoms with Crippen molar-refractivity contribution >= 4 is 35.3 Å². The maximum absolute atomic E-state index is 5.93. The van der Waals surface area contributed by atoms with Crippen molar-refractivity contribution in [3.8, 4) is 0 Å². The van der Waals surface area contributed by atoms with Crippen molar-refractivity contribution in [2.24, 2.45) is 0 Å². The van der Waals surface area contributed by atoms with E-state index in [2.05, 4.69) is 26.8 Å². The van der Waals surface area contributed by atoms with Crippen LogP contribution >= 0.6 is 23.4 Å². The first-order chi connectivity index (χ1) is 8.06. The molecule has 0 amide bonds. The van der Waals surface area contributed by atoms with Crippen LogP contribution in [0.4, 0.5) is 11.9 Å². The quantitative estimate of drug-likeness (QED) is 0.814. The highest BCUT2D eigenvalue weighted by Crippen LogP contribution is 2.22. The molecule has 0 spiro atoms. The summed E-state index contributed by atoms with van der Waals surface area (Å²) in [5.74, 6) is 2.38. The van der Waals surface area contributed by atoms with Crippen LogP contribution in [0.3, 0.4) is 0 Å². The Morgan fingerprint density at radius 2 is 2.12 bits per heavy atom. The van der Waals surface area contributed by atoms with Crippen LogP contribution in [0.25, 0.3) is 0 Å². The van der Waals surface area contributed by atoms with E-state index in [9.17, 15) is 0 Å². The minimum absolute atomic E-state index is 0.254. The Hall–Kier alpha value is -0.750. The summed E-state index contributed by atoms with van der Waals surface area (Å²) >= 11 is 7.90. The number of halogens is 1. The first kappa shape index (κ1) is 12.7. The number of thioether (sulfide) groups is 1. The second-order valence-corrected chi connectivity index (χ2v) is 6.11. The lowest BCUT2D eigenvalue weighted by Gasteiger charge is -2.30. The van der Waals surface area contributed by atoms with Gasteiger partial charge in [-0.2, -0.15) is 26.7 Å². The molecule has 0 N–H and O–H groups in total. The predicted molar refractivity (Wildman–Crippen MR) is 73.3 cm³/mol. The Morgan fingerprint density at radius 3 is 2.76 bits per heavy atom. The molecule has 2 rings (SSSR count). The van der Waals surface area contributed by atoms with Gasteiger partial charge in [-0.05, 0) is 11.6 Å². The van der Waals surface area contributed by atoms with E-state index in [0.29, 0.717) is 17.1 Å². The molecule has 0 bridgehead atoms. The lowest BCUT2D eigenvalue weighted by molar-refractivity contribution is 0.747. The van der Waals surface area contributed by atoms with Crippen LogP contribution in [0, 0.1) is 0 Å². The van der Waals surface area contributed by atoms with Crippen molar-refractivity contribution in [2.45, 2.75) is 12.2 Å². The summed E-state index contributed by atoms with van der Waals surface area (Å²) in [6.07, 6.45) is 0. The van der Waals surface area contributed by atoms with Crippen molar-refractivity contribution in [2.75, 3.05) is 42.7 Å². The van der Waals surface area contributed by atoms with Gasteiger partial charge in [0.25, 0.3) is 0 Å². The largest absolute Gasteiger partial charge is 0.347 e. The van der Waals surface area contributed by atoms with Crippen LogP contribution in [0.1, 0.15) is 6.92 Å². The molecule has 1 unspecified atom stereocenters. The molecule has 0 aliphatic carbocycles. The predicted octanol–water partition coefficient (Wildman–Crippen LogP) is 1.53. The van der Waals surface area contributed by atoms with E-state index in [1.807, 2.05) is 30.8 Å². The molecule has 2 heterocycles. The van der Waals surface area contributed by atoms with Crippen LogP contribution in [0.15, 0.2) is 0 Å². The molecule has 94 valence electrons. The molecule has 1 saturated heterocycles. The monoisotopic (exact) mass is 273 g/mol. The van der Waals surface area contributed by atoms with E-state index >= 15 is 0 Å². The lowest BCUT2D eigenvalue weighted by Crippen LogP contribution is -2.38. The summed E-state index contributed by atoms with van der Waals surface area (Å²) in [5, 5.41) is 0.853. The Kier molecular flexibility index (Phi) is 3.93. The van der Waals surface area contributed by atoms with Gasteiger partial charge in [-0.15, -0.1) is 0 Å². The first-order valence-corrected chi connectivity index (χ1v) is 6.94. The van der Waals surface area contributed by atoms with Gasteiger partial charge in [-0.3, -0.25) is 0 Å². The Balaban J connectivity index is 2.25. The van der Waals surface area contributed by atoms with E-state index in [1.54, 1.807) is 0 Å². The molecule has 0 saturated carbocycles. The maximum Gasteiger partial charge on any atom is 0.231 e. The Labute approximate surface area is 111 Å². The number of nitrogens with zero attached hydrogens (tertiary/aromatic N) is 5. The SMILES string of the molecule is CC1CN(c2nc(Cl)nc(N(C)C)n2)CCS1. The van der Waals surface area contributed by atoms with Gasteiger partial charge in [0.15, 0.2) is 0 Å². The van der Waals surface area contributed by atoms with E-state index in [1.165, 1.54) is 0 Å². The molecule has 1 atom stereocenters. The number of anilines is 2. The average molecular weight is 274 g/mol. The van der Waals surface area contributed by atoms with Gasteiger partial charge in [0.1, 0.15) is 0 Å². The minimum atomic E-state index is 0.254. The van der Waals surface area contributed by atoms with Crippen LogP contribution in [0.5, 0.6) is 0 Å². The summed E-state index contributed by atoms with van der Waals surface area (Å²) in [6.45, 7) is 4.13. The fraction of sp³-hybridized carbons (Fsp3) is 0.700. The molecule has 5 nitrogen and oxygen atoms in total. The van der Waals surface area contributed by atoms with Crippen molar-refractivity contribution in [3.05, 3.63) is 5.28 Å². The van der Waals surface area contributed by atoms with Crippen molar-refractivity contribution in [3.63, 3.8) is 0 Å². The lowest BCUT2D eigenvalue weighted by atomic mass is 10.4. The van der Waals surface area contributed by atoms with Gasteiger partial charge in [-0.1, -0.05) is 6.92 Å². The first-order valence-electron chi connectivity index (χ1n) is 5.51.